The van der Waals surface area contributed by atoms with Crippen molar-refractivity contribution in [1.29, 1.82) is 0 Å². The van der Waals surface area contributed by atoms with Gasteiger partial charge in [-0.25, -0.2) is 0 Å². The van der Waals surface area contributed by atoms with Crippen LogP contribution in [-0.2, 0) is 38.4 Å². The first-order chi connectivity index (χ1) is 23.6. The first-order valence-electron chi connectivity index (χ1n) is 16.2. The number of ether oxygens (including phenoxy) is 2. The third kappa shape index (κ3) is 5.50. The molecule has 0 aromatic heterocycles. The van der Waals surface area contributed by atoms with Crippen LogP contribution in [0.1, 0.15) is 35.1 Å². The van der Waals surface area contributed by atoms with Crippen LogP contribution in [0.15, 0.2) is 47.2 Å². The van der Waals surface area contributed by atoms with E-state index in [-0.39, 0.29) is 48.3 Å². The topological polar surface area (TPSA) is 261 Å². The summed E-state index contributed by atoms with van der Waals surface area (Å²) in [5, 5.41) is 86.1. The summed E-state index contributed by atoms with van der Waals surface area (Å²) in [5.41, 5.74) is 3.64. The Hall–Kier alpha value is -4.51. The summed E-state index contributed by atoms with van der Waals surface area (Å²) in [5.74, 6) is -6.70. The maximum absolute atomic E-state index is 13.9. The Balaban J connectivity index is 1.34. The van der Waals surface area contributed by atoms with Gasteiger partial charge in [-0.15, -0.1) is 0 Å². The number of primary amides is 1. The molecule has 1 aliphatic heterocycles. The SMILES string of the molecule is CN(C)c1cc(CCc2ccccc2OC2OC(CO)C(O)C(O)C2O)c(O)c2c1CC1CC3CC(=O)C(C(N)=O)=C(O)C3(O)C(=O)C1=C2O. The molecule has 4 aliphatic rings. The van der Waals surface area contributed by atoms with Gasteiger partial charge in [0.05, 0.1) is 12.2 Å². The number of ketones is 2. The summed E-state index contributed by atoms with van der Waals surface area (Å²) in [7, 11) is 3.55. The summed E-state index contributed by atoms with van der Waals surface area (Å²) >= 11 is 0. The normalized spacial score (nSPS) is 30.8. The van der Waals surface area contributed by atoms with Crippen molar-refractivity contribution >= 4 is 28.9 Å². The van der Waals surface area contributed by atoms with E-state index >= 15 is 0 Å². The fourth-order valence-corrected chi connectivity index (χ4v) is 7.70. The smallest absolute Gasteiger partial charge is 0.255 e. The average Bonchev–Trinajstić information content (AvgIpc) is 3.06. The van der Waals surface area contributed by atoms with E-state index in [2.05, 4.69) is 0 Å². The van der Waals surface area contributed by atoms with Crippen molar-refractivity contribution in [2.45, 2.75) is 68.4 Å². The van der Waals surface area contributed by atoms with Crippen LogP contribution in [0.3, 0.4) is 0 Å². The molecule has 2 aromatic carbocycles. The number of rotatable bonds is 8. The first-order valence-corrected chi connectivity index (χ1v) is 16.2. The quantitative estimate of drug-likeness (QED) is 0.157. The van der Waals surface area contributed by atoms with E-state index in [9.17, 15) is 55.2 Å². The molecule has 50 heavy (non-hydrogen) atoms. The molecule has 15 nitrogen and oxygen atoms in total. The van der Waals surface area contributed by atoms with Crippen molar-refractivity contribution in [3.8, 4) is 11.5 Å². The Kier molecular flexibility index (Phi) is 9.18. The number of carbonyl (C=O) groups excluding carboxylic acids is 3. The molecule has 1 amide bonds. The van der Waals surface area contributed by atoms with Gasteiger partial charge in [-0.3, -0.25) is 14.4 Å². The fourth-order valence-electron chi connectivity index (χ4n) is 7.70. The molecule has 8 atom stereocenters. The van der Waals surface area contributed by atoms with Gasteiger partial charge in [0.1, 0.15) is 53.0 Å². The molecule has 1 saturated carbocycles. The standard InChI is InChI=1S/C35H40N2O13/c1-37(2)19-11-15(8-7-14-5-3-4-6-21(14)49-34-30(44)29(43)27(41)22(13-38)50-34)26(40)24-18(19)10-16-9-17-12-20(39)25(33(36)47)32(46)35(17,48)31(45)23(16)28(24)42/h3-6,11,16-17,22,27,29-30,34,38,40-44,46,48H,7-10,12-13H2,1-2H3,(H2,36,47). The number of phenols is 1. The molecule has 0 bridgehead atoms. The van der Waals surface area contributed by atoms with Gasteiger partial charge in [0.25, 0.3) is 5.91 Å². The van der Waals surface area contributed by atoms with Gasteiger partial charge in [0.15, 0.2) is 11.4 Å². The molecule has 2 fully saturated rings. The number of aliphatic hydroxyl groups is 7. The number of nitrogens with two attached hydrogens (primary N) is 1. The molecular weight excluding hydrogens is 656 g/mol. The molecular formula is C35H40N2O13. The highest BCUT2D eigenvalue weighted by Crippen LogP contribution is 2.53. The number of aromatic hydroxyl groups is 1. The number of para-hydroxylation sites is 1. The predicted molar refractivity (Wildman–Crippen MR) is 174 cm³/mol. The number of nitrogens with zero attached hydrogens (tertiary/aromatic N) is 1. The lowest BCUT2D eigenvalue weighted by Gasteiger charge is -2.46. The van der Waals surface area contributed by atoms with E-state index in [0.717, 1.165) is 0 Å². The number of carbonyl (C=O) groups is 3. The summed E-state index contributed by atoms with van der Waals surface area (Å²) in [6, 6.07) is 8.50. The van der Waals surface area contributed by atoms with Crippen LogP contribution in [0.25, 0.3) is 5.76 Å². The minimum Gasteiger partial charge on any atom is -0.508 e. The summed E-state index contributed by atoms with van der Waals surface area (Å²) in [6.45, 7) is -0.626. The molecule has 0 spiro atoms. The number of aliphatic hydroxyl groups excluding tert-OH is 6. The van der Waals surface area contributed by atoms with E-state index in [4.69, 9.17) is 15.2 Å². The zero-order valence-corrected chi connectivity index (χ0v) is 27.3. The average molecular weight is 697 g/mol. The Morgan fingerprint density at radius 1 is 1.02 bits per heavy atom. The highest BCUT2D eigenvalue weighted by molar-refractivity contribution is 6.22. The maximum Gasteiger partial charge on any atom is 0.255 e. The van der Waals surface area contributed by atoms with Crippen LogP contribution >= 0.6 is 0 Å². The highest BCUT2D eigenvalue weighted by atomic mass is 16.7. The zero-order valence-electron chi connectivity index (χ0n) is 27.3. The Labute approximate surface area is 286 Å². The van der Waals surface area contributed by atoms with E-state index in [1.54, 1.807) is 49.3 Å². The number of benzene rings is 2. The second-order valence-electron chi connectivity index (χ2n) is 13.5. The molecule has 8 unspecified atom stereocenters. The number of hydrogen-bond donors (Lipinski definition) is 9. The Morgan fingerprint density at radius 3 is 2.36 bits per heavy atom. The molecule has 1 heterocycles. The van der Waals surface area contributed by atoms with Crippen molar-refractivity contribution in [3.05, 3.63) is 69.5 Å². The molecule has 3 aliphatic carbocycles. The van der Waals surface area contributed by atoms with E-state index in [0.29, 0.717) is 22.4 Å². The summed E-state index contributed by atoms with van der Waals surface area (Å²) in [4.78, 5) is 40.3. The van der Waals surface area contributed by atoms with Crippen molar-refractivity contribution < 1.29 is 64.7 Å². The van der Waals surface area contributed by atoms with Gasteiger partial charge in [0, 0.05) is 37.7 Å². The van der Waals surface area contributed by atoms with Gasteiger partial charge < -0.3 is 61.0 Å². The third-order valence-electron chi connectivity index (χ3n) is 10.3. The maximum atomic E-state index is 13.9. The molecule has 2 aromatic rings. The van der Waals surface area contributed by atoms with Crippen molar-refractivity contribution in [2.75, 3.05) is 25.6 Å². The zero-order chi connectivity index (χ0) is 36.4. The van der Waals surface area contributed by atoms with Crippen molar-refractivity contribution in [3.63, 3.8) is 0 Å². The van der Waals surface area contributed by atoms with Crippen LogP contribution < -0.4 is 15.4 Å². The minimum absolute atomic E-state index is 0.0174. The number of fused-ring (bicyclic) bond motifs is 3. The highest BCUT2D eigenvalue weighted by Gasteiger charge is 2.60. The molecule has 0 radical (unpaired) electrons. The predicted octanol–water partition coefficient (Wildman–Crippen LogP) is -0.546. The van der Waals surface area contributed by atoms with Crippen LogP contribution in [0.2, 0.25) is 0 Å². The van der Waals surface area contributed by atoms with Crippen LogP contribution in [0.5, 0.6) is 11.5 Å². The van der Waals surface area contributed by atoms with Gasteiger partial charge in [0.2, 0.25) is 12.1 Å². The number of aryl methyl sites for hydroxylation is 2. The Bertz CT molecular complexity index is 1820. The van der Waals surface area contributed by atoms with Gasteiger partial charge >= 0.3 is 0 Å². The second kappa shape index (κ2) is 13.0. The summed E-state index contributed by atoms with van der Waals surface area (Å²) < 4.78 is 11.4. The lowest BCUT2D eigenvalue weighted by atomic mass is 9.59. The van der Waals surface area contributed by atoms with Crippen molar-refractivity contribution in [2.24, 2.45) is 17.6 Å². The molecule has 6 rings (SSSR count). The lowest BCUT2D eigenvalue weighted by molar-refractivity contribution is -0.277. The largest absolute Gasteiger partial charge is 0.508 e. The number of hydrogen-bond acceptors (Lipinski definition) is 14. The third-order valence-corrected chi connectivity index (χ3v) is 10.3. The number of phenolic OH excluding ortho intramolecular Hbond substituents is 1. The number of Topliss-reactive ketones (excluding diaryl/α,β-unsaturated/α-hetero) is 2. The van der Waals surface area contributed by atoms with Gasteiger partial charge in [-0.2, -0.15) is 0 Å². The molecule has 10 N–H and O–H groups in total. The molecule has 268 valence electrons. The summed E-state index contributed by atoms with van der Waals surface area (Å²) in [6.07, 6.45) is -7.22. The monoisotopic (exact) mass is 696 g/mol. The first kappa shape index (κ1) is 35.3. The molecule has 15 heteroatoms. The van der Waals surface area contributed by atoms with Crippen molar-refractivity contribution in [1.82, 2.24) is 0 Å². The number of anilines is 1. The van der Waals surface area contributed by atoms with Crippen LogP contribution in [0.4, 0.5) is 5.69 Å². The number of amides is 1. The van der Waals surface area contributed by atoms with E-state index in [1.165, 1.54) is 0 Å². The lowest BCUT2D eigenvalue weighted by Crippen LogP contribution is -2.60. The van der Waals surface area contributed by atoms with Gasteiger partial charge in [-0.1, -0.05) is 18.2 Å². The fraction of sp³-hybridized carbons (Fsp3) is 0.457. The second-order valence-corrected chi connectivity index (χ2v) is 13.5. The van der Waals surface area contributed by atoms with Gasteiger partial charge in [-0.05, 0) is 60.4 Å². The molecule has 1 saturated heterocycles. The van der Waals surface area contributed by atoms with Crippen LogP contribution in [0, 0.1) is 11.8 Å². The van der Waals surface area contributed by atoms with E-state index in [1.807, 2.05) is 0 Å². The Morgan fingerprint density at radius 2 is 1.70 bits per heavy atom. The minimum atomic E-state index is -2.67. The van der Waals surface area contributed by atoms with Crippen LogP contribution in [-0.4, -0.2) is 115 Å². The van der Waals surface area contributed by atoms with E-state index < -0.39 is 95.7 Å².